The van der Waals surface area contributed by atoms with Gasteiger partial charge in [0.05, 0.1) is 16.5 Å². The molecule has 29 heavy (non-hydrogen) atoms. The minimum Gasteiger partial charge on any atom is -0.479 e. The van der Waals surface area contributed by atoms with E-state index < -0.39 is 15.9 Å². The van der Waals surface area contributed by atoms with E-state index in [1.807, 2.05) is 12.2 Å². The van der Waals surface area contributed by atoms with Crippen molar-refractivity contribution in [3.63, 3.8) is 0 Å². The van der Waals surface area contributed by atoms with Gasteiger partial charge in [-0.05, 0) is 50.5 Å². The van der Waals surface area contributed by atoms with E-state index in [0.29, 0.717) is 35.2 Å². The van der Waals surface area contributed by atoms with Gasteiger partial charge < -0.3 is 9.64 Å². The summed E-state index contributed by atoms with van der Waals surface area (Å²) in [6.45, 7) is 1.98. The molecule has 1 aliphatic heterocycles. The molecule has 1 heterocycles. The van der Waals surface area contributed by atoms with Crippen molar-refractivity contribution in [1.82, 2.24) is 4.90 Å². The molecule has 1 aromatic carbocycles. The Hall–Kier alpha value is -1.21. The lowest BCUT2D eigenvalue weighted by Gasteiger charge is -2.32. The summed E-state index contributed by atoms with van der Waals surface area (Å²) in [5.74, 6) is 0.129. The number of carbonyl (C=O) groups excluding carboxylic acids is 1. The normalized spacial score (nSPS) is 21.9. The Morgan fingerprint density at radius 3 is 2.59 bits per heavy atom. The minimum atomic E-state index is -3.14. The van der Waals surface area contributed by atoms with Crippen LogP contribution in [0.2, 0.25) is 10.0 Å². The second kappa shape index (κ2) is 9.29. The zero-order valence-electron chi connectivity index (χ0n) is 15.9. The number of hydrogen-bond donors (Lipinski definition) is 0. The van der Waals surface area contributed by atoms with E-state index in [1.165, 1.54) is 0 Å². The third kappa shape index (κ3) is 5.91. The van der Waals surface area contributed by atoms with E-state index in [-0.39, 0.29) is 23.5 Å². The van der Waals surface area contributed by atoms with Gasteiger partial charge in [-0.3, -0.25) is 4.79 Å². The number of hydrogen-bond acceptors (Lipinski definition) is 4. The van der Waals surface area contributed by atoms with Crippen molar-refractivity contribution < 1.29 is 17.9 Å². The summed E-state index contributed by atoms with van der Waals surface area (Å²) in [6.07, 6.45) is 4.76. The summed E-state index contributed by atoms with van der Waals surface area (Å²) < 4.78 is 29.8. The molecule has 1 saturated heterocycles. The molecule has 0 saturated carbocycles. The fraction of sp³-hybridized carbons (Fsp3) is 0.450. The highest BCUT2D eigenvalue weighted by Gasteiger charge is 2.37. The van der Waals surface area contributed by atoms with Crippen molar-refractivity contribution in [2.75, 3.05) is 18.1 Å². The van der Waals surface area contributed by atoms with Crippen molar-refractivity contribution in [2.45, 2.75) is 38.3 Å². The molecule has 2 aliphatic rings. The van der Waals surface area contributed by atoms with Crippen molar-refractivity contribution in [1.29, 1.82) is 0 Å². The molecule has 5 nitrogen and oxygen atoms in total. The first-order valence-electron chi connectivity index (χ1n) is 9.31. The molecule has 2 atom stereocenters. The maximum Gasteiger partial charge on any atom is 0.263 e. The molecule has 1 aliphatic carbocycles. The smallest absolute Gasteiger partial charge is 0.263 e. The van der Waals surface area contributed by atoms with Crippen LogP contribution in [-0.4, -0.2) is 49.4 Å². The highest BCUT2D eigenvalue weighted by atomic mass is 35.5. The van der Waals surface area contributed by atoms with E-state index in [0.717, 1.165) is 17.0 Å². The first kappa shape index (κ1) is 22.5. The Bertz CT molecular complexity index is 958. The second-order valence-corrected chi connectivity index (χ2v) is 10.9. The van der Waals surface area contributed by atoms with Gasteiger partial charge in [0.25, 0.3) is 5.91 Å². The summed E-state index contributed by atoms with van der Waals surface area (Å²) in [6, 6.07) is 4.40. The number of halogens is 3. The number of allylic oxidation sites excluding steroid dienone is 3. The first-order chi connectivity index (χ1) is 13.6. The van der Waals surface area contributed by atoms with Gasteiger partial charge in [0, 0.05) is 22.6 Å². The van der Waals surface area contributed by atoms with Crippen LogP contribution in [0.5, 0.6) is 5.75 Å². The summed E-state index contributed by atoms with van der Waals surface area (Å²) in [5.41, 5.74) is 1.03. The van der Waals surface area contributed by atoms with Gasteiger partial charge in [-0.1, -0.05) is 46.5 Å². The van der Waals surface area contributed by atoms with Gasteiger partial charge in [0.15, 0.2) is 15.9 Å². The number of rotatable bonds is 6. The Morgan fingerprint density at radius 1 is 1.24 bits per heavy atom. The lowest BCUT2D eigenvalue weighted by Crippen LogP contribution is -2.48. The van der Waals surface area contributed by atoms with Gasteiger partial charge in [-0.2, -0.15) is 0 Å². The molecular weight excluding hydrogens is 457 g/mol. The largest absolute Gasteiger partial charge is 0.479 e. The average Bonchev–Trinajstić information content (AvgIpc) is 3.02. The van der Waals surface area contributed by atoms with Crippen LogP contribution in [0.1, 0.15) is 26.2 Å². The molecule has 1 fully saturated rings. The summed E-state index contributed by atoms with van der Waals surface area (Å²) >= 11 is 18.1. The van der Waals surface area contributed by atoms with Crippen molar-refractivity contribution >= 4 is 50.5 Å². The molecule has 158 valence electrons. The molecule has 0 radical (unpaired) electrons. The Morgan fingerprint density at radius 2 is 2.00 bits per heavy atom. The number of carbonyl (C=O) groups is 1. The third-order valence-electron chi connectivity index (χ3n) is 5.04. The van der Waals surface area contributed by atoms with E-state index >= 15 is 0 Å². The number of sulfone groups is 1. The molecule has 1 amide bonds. The van der Waals surface area contributed by atoms with Gasteiger partial charge in [-0.15, -0.1) is 0 Å². The zero-order valence-corrected chi connectivity index (χ0v) is 19.0. The first-order valence-corrected chi connectivity index (χ1v) is 12.3. The van der Waals surface area contributed by atoms with Crippen LogP contribution in [0.3, 0.4) is 0 Å². The van der Waals surface area contributed by atoms with Crippen LogP contribution < -0.4 is 4.74 Å². The topological polar surface area (TPSA) is 63.7 Å². The molecule has 0 N–H and O–H groups in total. The summed E-state index contributed by atoms with van der Waals surface area (Å²) in [7, 11) is -3.14. The molecule has 2 unspecified atom stereocenters. The van der Waals surface area contributed by atoms with E-state index in [4.69, 9.17) is 39.5 Å². The monoisotopic (exact) mass is 477 g/mol. The molecule has 0 aromatic heterocycles. The standard InChI is InChI=1S/C20H22Cl3NO4S/c1-13(28-19-7-6-16(22)10-18(19)23)20(25)24(17-8-9-29(26,27)12-17)11-14-2-4-15(21)5-3-14/h2,4,6-7,10,13,17H,3,5,8-9,11-12H2,1H3. The molecule has 3 rings (SSSR count). The van der Waals surface area contributed by atoms with Crippen molar-refractivity contribution in [3.05, 3.63) is 51.0 Å². The highest BCUT2D eigenvalue weighted by Crippen LogP contribution is 2.30. The van der Waals surface area contributed by atoms with E-state index in [1.54, 1.807) is 30.0 Å². The number of amides is 1. The number of nitrogens with zero attached hydrogens (tertiary/aromatic N) is 1. The number of ether oxygens (including phenoxy) is 1. The second-order valence-electron chi connectivity index (χ2n) is 7.30. The van der Waals surface area contributed by atoms with Crippen LogP contribution in [0.25, 0.3) is 0 Å². The van der Waals surface area contributed by atoms with Gasteiger partial charge >= 0.3 is 0 Å². The zero-order chi connectivity index (χ0) is 21.2. The molecule has 0 bridgehead atoms. The number of benzene rings is 1. The Labute approximate surface area is 186 Å². The average molecular weight is 479 g/mol. The van der Waals surface area contributed by atoms with Gasteiger partial charge in [-0.25, -0.2) is 8.42 Å². The summed E-state index contributed by atoms with van der Waals surface area (Å²) in [5, 5.41) is 1.54. The SMILES string of the molecule is CC(Oc1ccc(Cl)cc1Cl)C(=O)N(CC1=CC=C(Cl)CC1)C1CCS(=O)(=O)C1. The van der Waals surface area contributed by atoms with Gasteiger partial charge in [0.2, 0.25) is 0 Å². The van der Waals surface area contributed by atoms with Crippen LogP contribution in [0.15, 0.2) is 41.0 Å². The molecule has 9 heteroatoms. The Kier molecular flexibility index (Phi) is 7.20. The van der Waals surface area contributed by atoms with Crippen molar-refractivity contribution in [3.8, 4) is 5.75 Å². The maximum absolute atomic E-state index is 13.2. The van der Waals surface area contributed by atoms with E-state index in [2.05, 4.69) is 0 Å². The van der Waals surface area contributed by atoms with Crippen LogP contribution in [0.4, 0.5) is 0 Å². The molecule has 0 spiro atoms. The third-order valence-corrected chi connectivity index (χ3v) is 7.63. The minimum absolute atomic E-state index is 0.0307. The fourth-order valence-electron chi connectivity index (χ4n) is 3.46. The molecule has 1 aromatic rings. The van der Waals surface area contributed by atoms with E-state index in [9.17, 15) is 13.2 Å². The van der Waals surface area contributed by atoms with Crippen LogP contribution in [0, 0.1) is 0 Å². The Balaban J connectivity index is 1.79. The lowest BCUT2D eigenvalue weighted by molar-refractivity contribution is -0.139. The quantitative estimate of drug-likeness (QED) is 0.598. The predicted octanol–water partition coefficient (Wildman–Crippen LogP) is 4.62. The molecular formula is C20H22Cl3NO4S. The predicted molar refractivity (Wildman–Crippen MR) is 117 cm³/mol. The van der Waals surface area contributed by atoms with Crippen molar-refractivity contribution in [2.24, 2.45) is 0 Å². The van der Waals surface area contributed by atoms with Crippen LogP contribution >= 0.6 is 34.8 Å². The summed E-state index contributed by atoms with van der Waals surface area (Å²) in [4.78, 5) is 14.9. The maximum atomic E-state index is 13.2. The fourth-order valence-corrected chi connectivity index (χ4v) is 5.80. The van der Waals surface area contributed by atoms with Crippen LogP contribution in [-0.2, 0) is 14.6 Å². The highest BCUT2D eigenvalue weighted by molar-refractivity contribution is 7.91. The lowest BCUT2D eigenvalue weighted by atomic mass is 10.0. The van der Waals surface area contributed by atoms with Gasteiger partial charge in [0.1, 0.15) is 5.75 Å².